The van der Waals surface area contributed by atoms with Crippen molar-refractivity contribution in [2.45, 2.75) is 44.5 Å². The number of aliphatic hydroxyl groups is 1. The van der Waals surface area contributed by atoms with E-state index in [4.69, 9.17) is 9.47 Å². The Labute approximate surface area is 95.0 Å². The second-order valence-electron chi connectivity index (χ2n) is 4.80. The number of benzene rings is 1. The Morgan fingerprint density at radius 3 is 2.62 bits per heavy atom. The molecule has 1 aliphatic carbocycles. The molecule has 0 bridgehead atoms. The first-order valence-corrected chi connectivity index (χ1v) is 5.84. The average Bonchev–Trinajstić information content (AvgIpc) is 2.60. The monoisotopic (exact) mass is 220 g/mol. The fourth-order valence-corrected chi connectivity index (χ4v) is 2.45. The first kappa shape index (κ1) is 9.97. The Balaban J connectivity index is 1.84. The lowest BCUT2D eigenvalue weighted by Gasteiger charge is -2.33. The van der Waals surface area contributed by atoms with Crippen molar-refractivity contribution in [2.75, 3.05) is 0 Å². The summed E-state index contributed by atoms with van der Waals surface area (Å²) >= 11 is 0. The predicted molar refractivity (Wildman–Crippen MR) is 59.6 cm³/mol. The summed E-state index contributed by atoms with van der Waals surface area (Å²) in [6.07, 6.45) is 2.85. The molecular formula is C13H16O3. The van der Waals surface area contributed by atoms with Gasteiger partial charge in [0.25, 0.3) is 5.79 Å². The highest BCUT2D eigenvalue weighted by Gasteiger charge is 2.44. The number of rotatable bonds is 0. The van der Waals surface area contributed by atoms with Crippen LogP contribution in [0.4, 0.5) is 0 Å². The summed E-state index contributed by atoms with van der Waals surface area (Å²) in [5.41, 5.74) is 1.18. The van der Waals surface area contributed by atoms with Crippen molar-refractivity contribution in [2.24, 2.45) is 0 Å². The highest BCUT2D eigenvalue weighted by molar-refractivity contribution is 5.45. The predicted octanol–water partition coefficient (Wildman–Crippen LogP) is 2.40. The van der Waals surface area contributed by atoms with Crippen LogP contribution in [0.25, 0.3) is 0 Å². The highest BCUT2D eigenvalue weighted by atomic mass is 16.7. The fourth-order valence-electron chi connectivity index (χ4n) is 2.45. The maximum Gasteiger partial charge on any atom is 0.251 e. The summed E-state index contributed by atoms with van der Waals surface area (Å²) in [7, 11) is 0. The largest absolute Gasteiger partial charge is 0.448 e. The quantitative estimate of drug-likeness (QED) is 0.729. The molecular weight excluding hydrogens is 204 g/mol. The number of hydrogen-bond donors (Lipinski definition) is 1. The van der Waals surface area contributed by atoms with Crippen molar-refractivity contribution in [1.82, 2.24) is 0 Å². The Morgan fingerprint density at radius 2 is 1.88 bits per heavy atom. The third-order valence-corrected chi connectivity index (χ3v) is 3.41. The molecule has 0 saturated heterocycles. The molecule has 1 aromatic rings. The van der Waals surface area contributed by atoms with Crippen LogP contribution in [0.3, 0.4) is 0 Å². The van der Waals surface area contributed by atoms with Gasteiger partial charge in [0.15, 0.2) is 11.5 Å². The van der Waals surface area contributed by atoms with Crippen LogP contribution in [0.15, 0.2) is 18.2 Å². The molecule has 0 unspecified atom stereocenters. The first-order valence-electron chi connectivity index (χ1n) is 5.84. The zero-order valence-electron chi connectivity index (χ0n) is 9.40. The standard InChI is InChI=1S/C13H16O3/c1-9-2-3-11-12(8-9)16-13(15-11)6-4-10(14)5-7-13/h2-3,8,10,14H,4-7H2,1H3. The van der Waals surface area contributed by atoms with E-state index in [1.807, 2.05) is 25.1 Å². The first-order chi connectivity index (χ1) is 7.67. The number of hydrogen-bond acceptors (Lipinski definition) is 3. The third kappa shape index (κ3) is 1.55. The van der Waals surface area contributed by atoms with E-state index in [-0.39, 0.29) is 6.10 Å². The van der Waals surface area contributed by atoms with Crippen LogP contribution in [0.5, 0.6) is 11.5 Å². The molecule has 1 saturated carbocycles. The number of aliphatic hydroxyl groups excluding tert-OH is 1. The second kappa shape index (κ2) is 3.39. The van der Waals surface area contributed by atoms with Crippen molar-refractivity contribution in [3.63, 3.8) is 0 Å². The van der Waals surface area contributed by atoms with E-state index in [1.54, 1.807) is 0 Å². The van der Waals surface area contributed by atoms with E-state index in [0.717, 1.165) is 37.2 Å². The maximum atomic E-state index is 9.50. The van der Waals surface area contributed by atoms with Crippen LogP contribution in [0.1, 0.15) is 31.2 Å². The maximum absolute atomic E-state index is 9.50. The van der Waals surface area contributed by atoms with Crippen LogP contribution in [0, 0.1) is 6.92 Å². The Kier molecular flexibility index (Phi) is 2.11. The van der Waals surface area contributed by atoms with Gasteiger partial charge in [-0.25, -0.2) is 0 Å². The molecule has 0 atom stereocenters. The fraction of sp³-hybridized carbons (Fsp3) is 0.538. The van der Waals surface area contributed by atoms with Gasteiger partial charge in [0.2, 0.25) is 0 Å². The van der Waals surface area contributed by atoms with E-state index in [2.05, 4.69) is 0 Å². The Morgan fingerprint density at radius 1 is 1.19 bits per heavy atom. The van der Waals surface area contributed by atoms with E-state index >= 15 is 0 Å². The minimum atomic E-state index is -0.505. The molecule has 0 aromatic heterocycles. The smallest absolute Gasteiger partial charge is 0.251 e. The zero-order valence-corrected chi connectivity index (χ0v) is 9.40. The SMILES string of the molecule is Cc1ccc2c(c1)OC1(CCC(O)CC1)O2. The second-order valence-corrected chi connectivity index (χ2v) is 4.80. The molecule has 1 spiro atoms. The van der Waals surface area contributed by atoms with Gasteiger partial charge >= 0.3 is 0 Å². The normalized spacial score (nSPS) is 32.0. The molecule has 1 N–H and O–H groups in total. The minimum absolute atomic E-state index is 0.191. The van der Waals surface area contributed by atoms with Gasteiger partial charge in [0.1, 0.15) is 0 Å². The molecule has 86 valence electrons. The molecule has 1 aromatic carbocycles. The van der Waals surface area contributed by atoms with Gasteiger partial charge in [-0.2, -0.15) is 0 Å². The molecule has 1 aliphatic heterocycles. The van der Waals surface area contributed by atoms with Crippen molar-refractivity contribution < 1.29 is 14.6 Å². The van der Waals surface area contributed by atoms with Crippen LogP contribution < -0.4 is 9.47 Å². The molecule has 3 rings (SSSR count). The van der Waals surface area contributed by atoms with Gasteiger partial charge in [0, 0.05) is 12.8 Å². The van der Waals surface area contributed by atoms with Gasteiger partial charge in [-0.1, -0.05) is 6.07 Å². The summed E-state index contributed by atoms with van der Waals surface area (Å²) in [4.78, 5) is 0. The summed E-state index contributed by atoms with van der Waals surface area (Å²) in [6.45, 7) is 2.04. The average molecular weight is 220 g/mol. The van der Waals surface area contributed by atoms with Crippen LogP contribution in [-0.4, -0.2) is 17.0 Å². The highest BCUT2D eigenvalue weighted by Crippen LogP contribution is 2.45. The molecule has 1 heterocycles. The van der Waals surface area contributed by atoms with Gasteiger partial charge in [-0.05, 0) is 37.5 Å². The molecule has 0 radical (unpaired) electrons. The molecule has 0 amide bonds. The van der Waals surface area contributed by atoms with Crippen molar-refractivity contribution in [1.29, 1.82) is 0 Å². The van der Waals surface area contributed by atoms with Crippen molar-refractivity contribution >= 4 is 0 Å². The third-order valence-electron chi connectivity index (χ3n) is 3.41. The van der Waals surface area contributed by atoms with Gasteiger partial charge in [-0.3, -0.25) is 0 Å². The topological polar surface area (TPSA) is 38.7 Å². The van der Waals surface area contributed by atoms with Crippen LogP contribution in [0.2, 0.25) is 0 Å². The lowest BCUT2D eigenvalue weighted by molar-refractivity contribution is -0.123. The lowest BCUT2D eigenvalue weighted by atomic mass is 9.92. The molecule has 2 aliphatic rings. The van der Waals surface area contributed by atoms with E-state index in [9.17, 15) is 5.11 Å². The molecule has 3 heteroatoms. The van der Waals surface area contributed by atoms with E-state index in [0.29, 0.717) is 0 Å². The summed E-state index contributed by atoms with van der Waals surface area (Å²) < 4.78 is 11.8. The molecule has 16 heavy (non-hydrogen) atoms. The number of aryl methyl sites for hydroxylation is 1. The summed E-state index contributed by atoms with van der Waals surface area (Å²) in [5.74, 6) is 1.17. The van der Waals surface area contributed by atoms with Crippen LogP contribution in [-0.2, 0) is 0 Å². The van der Waals surface area contributed by atoms with Gasteiger partial charge in [-0.15, -0.1) is 0 Å². The minimum Gasteiger partial charge on any atom is -0.448 e. The molecule has 3 nitrogen and oxygen atoms in total. The van der Waals surface area contributed by atoms with Gasteiger partial charge in [0.05, 0.1) is 6.10 Å². The zero-order chi connectivity index (χ0) is 11.2. The number of fused-ring (bicyclic) bond motifs is 1. The molecule has 1 fully saturated rings. The Bertz CT molecular complexity index is 406. The van der Waals surface area contributed by atoms with E-state index < -0.39 is 5.79 Å². The summed E-state index contributed by atoms with van der Waals surface area (Å²) in [6, 6.07) is 6.00. The van der Waals surface area contributed by atoms with E-state index in [1.165, 1.54) is 5.56 Å². The summed E-state index contributed by atoms with van der Waals surface area (Å²) in [5, 5.41) is 9.50. The van der Waals surface area contributed by atoms with Crippen LogP contribution >= 0.6 is 0 Å². The number of ether oxygens (including phenoxy) is 2. The van der Waals surface area contributed by atoms with Crippen molar-refractivity contribution in [3.05, 3.63) is 23.8 Å². The Hall–Kier alpha value is -1.22. The lowest BCUT2D eigenvalue weighted by Crippen LogP contribution is -2.43. The van der Waals surface area contributed by atoms with Gasteiger partial charge < -0.3 is 14.6 Å². The van der Waals surface area contributed by atoms with Crippen molar-refractivity contribution in [3.8, 4) is 11.5 Å².